The van der Waals surface area contributed by atoms with Crippen molar-refractivity contribution in [2.45, 2.75) is 0 Å². The molecule has 0 bridgehead atoms. The Morgan fingerprint density at radius 1 is 1.00 bits per heavy atom. The number of benzene rings is 1. The second-order valence-corrected chi connectivity index (χ2v) is 1.96. The first kappa shape index (κ1) is 8.12. The van der Waals surface area contributed by atoms with Crippen molar-refractivity contribution in [3.8, 4) is 0 Å². The molecule has 0 saturated heterocycles. The van der Waals surface area contributed by atoms with E-state index in [0.29, 0.717) is 0 Å². The van der Waals surface area contributed by atoms with Crippen LogP contribution in [-0.4, -0.2) is 37.7 Å². The first-order chi connectivity index (χ1) is 4.47. The monoisotopic (exact) mass is 158 g/mol. The van der Waals surface area contributed by atoms with Crippen molar-refractivity contribution in [1.29, 1.82) is 0 Å². The van der Waals surface area contributed by atoms with E-state index in [4.69, 9.17) is 4.42 Å². The molecule has 1 nitrogen and oxygen atoms in total. The summed E-state index contributed by atoms with van der Waals surface area (Å²) in [7, 11) is 0. The van der Waals surface area contributed by atoms with Gasteiger partial charge in [0.15, 0.2) is 0 Å². The van der Waals surface area contributed by atoms with Gasteiger partial charge < -0.3 is 4.42 Å². The molecule has 2 radical (unpaired) electrons. The SMILES string of the molecule is [Ca].c1ccc2occc2c1. The summed E-state index contributed by atoms with van der Waals surface area (Å²) in [6, 6.07) is 9.90. The number of rotatable bonds is 0. The van der Waals surface area contributed by atoms with Gasteiger partial charge in [-0.25, -0.2) is 0 Å². The molecule has 2 rings (SSSR count). The maximum Gasteiger partial charge on any atom is 0.133 e. The van der Waals surface area contributed by atoms with Crippen LogP contribution in [0.4, 0.5) is 0 Å². The van der Waals surface area contributed by atoms with E-state index in [0.717, 1.165) is 11.0 Å². The Labute approximate surface area is 89.0 Å². The largest absolute Gasteiger partial charge is 0.464 e. The minimum atomic E-state index is 0. The first-order valence-electron chi connectivity index (χ1n) is 2.89. The van der Waals surface area contributed by atoms with Gasteiger partial charge in [0.05, 0.1) is 6.26 Å². The van der Waals surface area contributed by atoms with Gasteiger partial charge in [0.25, 0.3) is 0 Å². The van der Waals surface area contributed by atoms with Gasteiger partial charge in [-0.05, 0) is 12.1 Å². The molecule has 1 aromatic heterocycles. The number of hydrogen-bond acceptors (Lipinski definition) is 1. The molecule has 1 aromatic carbocycles. The van der Waals surface area contributed by atoms with E-state index in [-0.39, 0.29) is 37.7 Å². The first-order valence-corrected chi connectivity index (χ1v) is 2.89. The van der Waals surface area contributed by atoms with Crippen LogP contribution in [-0.2, 0) is 0 Å². The average Bonchev–Trinajstić information content (AvgIpc) is 2.33. The van der Waals surface area contributed by atoms with Crippen molar-refractivity contribution in [3.63, 3.8) is 0 Å². The molecule has 10 heavy (non-hydrogen) atoms. The summed E-state index contributed by atoms with van der Waals surface area (Å²) in [4.78, 5) is 0. The van der Waals surface area contributed by atoms with Crippen LogP contribution in [0.25, 0.3) is 11.0 Å². The Hall–Kier alpha value is 0.0197. The maximum absolute atomic E-state index is 5.12. The van der Waals surface area contributed by atoms with Gasteiger partial charge in [0.2, 0.25) is 0 Å². The van der Waals surface area contributed by atoms with Gasteiger partial charge in [-0.2, -0.15) is 0 Å². The summed E-state index contributed by atoms with van der Waals surface area (Å²) in [5, 5.41) is 1.16. The van der Waals surface area contributed by atoms with E-state index in [1.165, 1.54) is 0 Å². The summed E-state index contributed by atoms with van der Waals surface area (Å²) < 4.78 is 5.12. The van der Waals surface area contributed by atoms with E-state index >= 15 is 0 Å². The molecular formula is C8H6CaO. The van der Waals surface area contributed by atoms with E-state index in [9.17, 15) is 0 Å². The standard InChI is InChI=1S/C8H6O.Ca/c1-2-4-8-7(3-1)5-6-9-8;/h1-6H;. The fraction of sp³-hybridized carbons (Fsp3) is 0. The quantitative estimate of drug-likeness (QED) is 0.535. The zero-order valence-corrected chi connectivity index (χ0v) is 7.79. The normalized spacial score (nSPS) is 9.20. The average molecular weight is 158 g/mol. The van der Waals surface area contributed by atoms with Crippen LogP contribution < -0.4 is 0 Å². The molecule has 46 valence electrons. The molecule has 0 aliphatic rings. The van der Waals surface area contributed by atoms with Crippen molar-refractivity contribution in [3.05, 3.63) is 36.6 Å². The molecule has 2 heteroatoms. The van der Waals surface area contributed by atoms with Crippen molar-refractivity contribution >= 4 is 48.7 Å². The Bertz CT molecular complexity index is 283. The van der Waals surface area contributed by atoms with Gasteiger partial charge >= 0.3 is 0 Å². The zero-order valence-electron chi connectivity index (χ0n) is 5.58. The van der Waals surface area contributed by atoms with Gasteiger partial charge in [0.1, 0.15) is 5.58 Å². The Morgan fingerprint density at radius 2 is 1.80 bits per heavy atom. The van der Waals surface area contributed by atoms with Crippen LogP contribution in [0.3, 0.4) is 0 Å². The third-order valence-electron chi connectivity index (χ3n) is 1.36. The topological polar surface area (TPSA) is 13.1 Å². The minimum absolute atomic E-state index is 0. The molecule has 0 fully saturated rings. The number of furan rings is 1. The Balaban J connectivity index is 0.000000500. The van der Waals surface area contributed by atoms with Crippen LogP contribution in [0, 0.1) is 0 Å². The molecule has 0 unspecified atom stereocenters. The van der Waals surface area contributed by atoms with Gasteiger partial charge in [0, 0.05) is 43.1 Å². The third kappa shape index (κ3) is 1.36. The van der Waals surface area contributed by atoms with E-state index in [1.807, 2.05) is 30.3 Å². The second kappa shape index (κ2) is 3.42. The van der Waals surface area contributed by atoms with Gasteiger partial charge in [-0.15, -0.1) is 0 Å². The summed E-state index contributed by atoms with van der Waals surface area (Å²) in [6.07, 6.45) is 1.70. The third-order valence-corrected chi connectivity index (χ3v) is 1.36. The van der Waals surface area contributed by atoms with Crippen LogP contribution >= 0.6 is 0 Å². The van der Waals surface area contributed by atoms with E-state index in [2.05, 4.69) is 0 Å². The van der Waals surface area contributed by atoms with Crippen LogP contribution in [0.15, 0.2) is 41.0 Å². The fourth-order valence-electron chi connectivity index (χ4n) is 0.906. The van der Waals surface area contributed by atoms with Crippen LogP contribution in [0.5, 0.6) is 0 Å². The predicted molar refractivity (Wildman–Crippen MR) is 42.0 cm³/mol. The molecule has 0 amide bonds. The summed E-state index contributed by atoms with van der Waals surface area (Å²) >= 11 is 0. The molecule has 0 aliphatic carbocycles. The second-order valence-electron chi connectivity index (χ2n) is 1.96. The van der Waals surface area contributed by atoms with Gasteiger partial charge in [-0.3, -0.25) is 0 Å². The van der Waals surface area contributed by atoms with E-state index < -0.39 is 0 Å². The molecule has 0 N–H and O–H groups in total. The molecule has 2 aromatic rings. The van der Waals surface area contributed by atoms with Crippen LogP contribution in [0.2, 0.25) is 0 Å². The number of hydrogen-bond donors (Lipinski definition) is 0. The van der Waals surface area contributed by atoms with Crippen molar-refractivity contribution < 1.29 is 4.42 Å². The molecular weight excluding hydrogens is 152 g/mol. The fourth-order valence-corrected chi connectivity index (χ4v) is 0.906. The Kier molecular flexibility index (Phi) is 2.78. The van der Waals surface area contributed by atoms with Crippen molar-refractivity contribution in [2.24, 2.45) is 0 Å². The summed E-state index contributed by atoms with van der Waals surface area (Å²) in [6.45, 7) is 0. The molecule has 0 saturated carbocycles. The Morgan fingerprint density at radius 3 is 2.60 bits per heavy atom. The summed E-state index contributed by atoms with van der Waals surface area (Å²) in [5.74, 6) is 0. The van der Waals surface area contributed by atoms with E-state index in [1.54, 1.807) is 6.26 Å². The number of fused-ring (bicyclic) bond motifs is 1. The maximum atomic E-state index is 5.12. The summed E-state index contributed by atoms with van der Waals surface area (Å²) in [5.41, 5.74) is 0.956. The molecule has 0 aliphatic heterocycles. The molecule has 1 heterocycles. The smallest absolute Gasteiger partial charge is 0.133 e. The van der Waals surface area contributed by atoms with Crippen molar-refractivity contribution in [1.82, 2.24) is 0 Å². The minimum Gasteiger partial charge on any atom is -0.464 e. The molecule has 0 atom stereocenters. The number of para-hydroxylation sites is 1. The van der Waals surface area contributed by atoms with Crippen LogP contribution in [0.1, 0.15) is 0 Å². The van der Waals surface area contributed by atoms with Crippen molar-refractivity contribution in [2.75, 3.05) is 0 Å². The van der Waals surface area contributed by atoms with Gasteiger partial charge in [-0.1, -0.05) is 18.2 Å². The predicted octanol–water partition coefficient (Wildman–Crippen LogP) is 2.05. The molecule has 0 spiro atoms. The zero-order chi connectivity index (χ0) is 6.10.